The maximum absolute atomic E-state index is 11.5. The molecule has 1 amide bonds. The Labute approximate surface area is 138 Å². The lowest BCUT2D eigenvalue weighted by molar-refractivity contribution is -0.137. The van der Waals surface area contributed by atoms with E-state index < -0.39 is 12.0 Å². The van der Waals surface area contributed by atoms with Gasteiger partial charge in [0.2, 0.25) is 0 Å². The zero-order chi connectivity index (χ0) is 16.2. The number of ether oxygens (including phenoxy) is 2. The van der Waals surface area contributed by atoms with E-state index in [9.17, 15) is 4.79 Å². The maximum atomic E-state index is 11.5. The molecule has 0 saturated carbocycles. The Morgan fingerprint density at radius 3 is 2.96 bits per heavy atom. The van der Waals surface area contributed by atoms with Gasteiger partial charge in [0.25, 0.3) is 5.91 Å². The number of hydroxylamine groups is 1. The van der Waals surface area contributed by atoms with Crippen LogP contribution < -0.4 is 15.0 Å². The second-order valence-corrected chi connectivity index (χ2v) is 5.68. The third-order valence-corrected chi connectivity index (χ3v) is 4.11. The lowest BCUT2D eigenvalue weighted by atomic mass is 10.0. The quantitative estimate of drug-likeness (QED) is 0.666. The number of carbonyl (C=O) groups is 1. The fourth-order valence-electron chi connectivity index (χ4n) is 2.47. The van der Waals surface area contributed by atoms with E-state index in [2.05, 4.69) is 0 Å². The first-order valence-corrected chi connectivity index (χ1v) is 7.65. The van der Waals surface area contributed by atoms with Crippen LogP contribution in [0.4, 0.5) is 0 Å². The summed E-state index contributed by atoms with van der Waals surface area (Å²) in [5.74, 6) is 0.688. The standard InChI is InChI=1S/C17H16ClNO4/c18-14-4-2-1-3-12(14)10-22-13-7-5-11-6-8-15(17(20)19-21)23-16(11)9-13/h1-5,7,9,15,21H,6,8,10H2,(H,19,20)/t15-/m0/s1. The summed E-state index contributed by atoms with van der Waals surface area (Å²) in [6.45, 7) is 0.346. The highest BCUT2D eigenvalue weighted by molar-refractivity contribution is 6.31. The van der Waals surface area contributed by atoms with E-state index in [1.54, 1.807) is 11.5 Å². The van der Waals surface area contributed by atoms with Crippen LogP contribution in [-0.2, 0) is 17.8 Å². The minimum atomic E-state index is -0.689. The number of benzene rings is 2. The van der Waals surface area contributed by atoms with Crippen molar-refractivity contribution in [2.45, 2.75) is 25.6 Å². The topological polar surface area (TPSA) is 67.8 Å². The Morgan fingerprint density at radius 1 is 1.35 bits per heavy atom. The normalized spacial score (nSPS) is 16.2. The van der Waals surface area contributed by atoms with Gasteiger partial charge in [-0.3, -0.25) is 10.0 Å². The van der Waals surface area contributed by atoms with Crippen LogP contribution in [0.25, 0.3) is 0 Å². The highest BCUT2D eigenvalue weighted by Crippen LogP contribution is 2.32. The Balaban J connectivity index is 1.71. The molecule has 6 heteroatoms. The van der Waals surface area contributed by atoms with Gasteiger partial charge in [0.05, 0.1) is 0 Å². The van der Waals surface area contributed by atoms with E-state index in [-0.39, 0.29) is 0 Å². The van der Waals surface area contributed by atoms with Crippen molar-refractivity contribution in [1.82, 2.24) is 5.48 Å². The van der Waals surface area contributed by atoms with Gasteiger partial charge in [-0.25, -0.2) is 5.48 Å². The predicted molar refractivity (Wildman–Crippen MR) is 84.9 cm³/mol. The molecule has 1 aliphatic heterocycles. The lowest BCUT2D eigenvalue weighted by Crippen LogP contribution is -2.38. The second-order valence-electron chi connectivity index (χ2n) is 5.27. The van der Waals surface area contributed by atoms with Crippen molar-refractivity contribution >= 4 is 17.5 Å². The number of aryl methyl sites for hydroxylation is 1. The molecule has 0 aliphatic carbocycles. The molecule has 0 bridgehead atoms. The number of hydrogen-bond acceptors (Lipinski definition) is 4. The minimum Gasteiger partial charge on any atom is -0.489 e. The molecular formula is C17H16ClNO4. The van der Waals surface area contributed by atoms with Crippen LogP contribution in [0.15, 0.2) is 42.5 Å². The van der Waals surface area contributed by atoms with Crippen molar-refractivity contribution in [3.63, 3.8) is 0 Å². The molecule has 0 aromatic heterocycles. The molecule has 2 N–H and O–H groups in total. The SMILES string of the molecule is O=C(NO)[C@@H]1CCc2ccc(OCc3ccccc3Cl)cc2O1. The second kappa shape index (κ2) is 6.89. The van der Waals surface area contributed by atoms with Crippen molar-refractivity contribution in [2.75, 3.05) is 0 Å². The number of rotatable bonds is 4. The number of halogens is 1. The molecule has 120 valence electrons. The number of nitrogens with one attached hydrogen (secondary N) is 1. The van der Waals surface area contributed by atoms with E-state index in [1.165, 1.54) is 0 Å². The van der Waals surface area contributed by atoms with Crippen LogP contribution in [0.5, 0.6) is 11.5 Å². The van der Waals surface area contributed by atoms with Gasteiger partial charge in [0, 0.05) is 16.7 Å². The molecule has 2 aromatic rings. The van der Waals surface area contributed by atoms with E-state index >= 15 is 0 Å². The monoisotopic (exact) mass is 333 g/mol. The van der Waals surface area contributed by atoms with Gasteiger partial charge in [-0.2, -0.15) is 0 Å². The molecule has 0 fully saturated rings. The van der Waals surface area contributed by atoms with Crippen LogP contribution in [0.3, 0.4) is 0 Å². The van der Waals surface area contributed by atoms with Gasteiger partial charge in [-0.05, 0) is 30.5 Å². The molecule has 3 rings (SSSR count). The third-order valence-electron chi connectivity index (χ3n) is 3.74. The van der Waals surface area contributed by atoms with Crippen molar-refractivity contribution in [3.05, 3.63) is 58.6 Å². The number of carbonyl (C=O) groups excluding carboxylic acids is 1. The average Bonchev–Trinajstić information content (AvgIpc) is 2.59. The van der Waals surface area contributed by atoms with Crippen molar-refractivity contribution in [3.8, 4) is 11.5 Å². The first-order chi connectivity index (χ1) is 11.2. The highest BCUT2D eigenvalue weighted by Gasteiger charge is 2.26. The van der Waals surface area contributed by atoms with Crippen LogP contribution in [-0.4, -0.2) is 17.2 Å². The minimum absolute atomic E-state index is 0.346. The van der Waals surface area contributed by atoms with Crippen LogP contribution in [0, 0.1) is 0 Å². The summed E-state index contributed by atoms with van der Waals surface area (Å²) in [5.41, 5.74) is 3.53. The maximum Gasteiger partial charge on any atom is 0.284 e. The summed E-state index contributed by atoms with van der Waals surface area (Å²) >= 11 is 6.10. The van der Waals surface area contributed by atoms with E-state index in [1.807, 2.05) is 36.4 Å². The lowest BCUT2D eigenvalue weighted by Gasteiger charge is -2.24. The van der Waals surface area contributed by atoms with E-state index in [0.717, 1.165) is 11.1 Å². The number of fused-ring (bicyclic) bond motifs is 1. The molecule has 1 atom stereocenters. The summed E-state index contributed by atoms with van der Waals surface area (Å²) < 4.78 is 11.4. The molecule has 23 heavy (non-hydrogen) atoms. The highest BCUT2D eigenvalue weighted by atomic mass is 35.5. The van der Waals surface area contributed by atoms with E-state index in [0.29, 0.717) is 36.0 Å². The molecule has 5 nitrogen and oxygen atoms in total. The largest absolute Gasteiger partial charge is 0.489 e. The van der Waals surface area contributed by atoms with Gasteiger partial charge in [0.1, 0.15) is 18.1 Å². The zero-order valence-corrected chi connectivity index (χ0v) is 13.0. The first kappa shape index (κ1) is 15.6. The Kier molecular flexibility index (Phi) is 4.69. The summed E-state index contributed by atoms with van der Waals surface area (Å²) in [5, 5.41) is 9.36. The van der Waals surface area contributed by atoms with Crippen molar-refractivity contribution in [1.29, 1.82) is 0 Å². The van der Waals surface area contributed by atoms with Gasteiger partial charge in [0.15, 0.2) is 6.10 Å². The fraction of sp³-hybridized carbons (Fsp3) is 0.235. The smallest absolute Gasteiger partial charge is 0.284 e. The van der Waals surface area contributed by atoms with Crippen molar-refractivity contribution < 1.29 is 19.5 Å². The van der Waals surface area contributed by atoms with Crippen LogP contribution >= 0.6 is 11.6 Å². The molecule has 1 heterocycles. The Bertz CT molecular complexity index is 719. The predicted octanol–water partition coefficient (Wildman–Crippen LogP) is 3.12. The van der Waals surface area contributed by atoms with Gasteiger partial charge in [-0.1, -0.05) is 35.9 Å². The van der Waals surface area contributed by atoms with Crippen molar-refractivity contribution in [2.24, 2.45) is 0 Å². The van der Waals surface area contributed by atoms with Gasteiger partial charge < -0.3 is 9.47 Å². The Morgan fingerprint density at radius 2 is 2.17 bits per heavy atom. The average molecular weight is 334 g/mol. The number of amides is 1. The molecule has 2 aromatic carbocycles. The third kappa shape index (κ3) is 3.57. The molecule has 0 spiro atoms. The molecular weight excluding hydrogens is 318 g/mol. The fourth-order valence-corrected chi connectivity index (χ4v) is 2.66. The Hall–Kier alpha value is -2.24. The summed E-state index contributed by atoms with van der Waals surface area (Å²) in [6.07, 6.45) is 0.545. The molecule has 0 radical (unpaired) electrons. The first-order valence-electron chi connectivity index (χ1n) is 7.27. The molecule has 0 unspecified atom stereocenters. The zero-order valence-electron chi connectivity index (χ0n) is 12.3. The molecule has 1 aliphatic rings. The number of hydrogen-bond donors (Lipinski definition) is 2. The summed E-state index contributed by atoms with van der Waals surface area (Å²) in [4.78, 5) is 11.5. The van der Waals surface area contributed by atoms with Gasteiger partial charge in [-0.15, -0.1) is 0 Å². The van der Waals surface area contributed by atoms with Crippen LogP contribution in [0.2, 0.25) is 5.02 Å². The summed E-state index contributed by atoms with van der Waals surface area (Å²) in [6, 6.07) is 13.0. The van der Waals surface area contributed by atoms with Gasteiger partial charge >= 0.3 is 0 Å². The molecule has 0 saturated heterocycles. The van der Waals surface area contributed by atoms with E-state index in [4.69, 9.17) is 26.3 Å². The van der Waals surface area contributed by atoms with Crippen LogP contribution in [0.1, 0.15) is 17.5 Å². The summed E-state index contributed by atoms with van der Waals surface area (Å²) in [7, 11) is 0.